The van der Waals surface area contributed by atoms with E-state index in [4.69, 9.17) is 21.1 Å². The first-order chi connectivity index (χ1) is 17.3. The topological polar surface area (TPSA) is 132 Å². The first kappa shape index (κ1) is 26.2. The number of aryl methyl sites for hydroxylation is 1. The van der Waals surface area contributed by atoms with Gasteiger partial charge in [0.2, 0.25) is 0 Å². The second-order valence-corrected chi connectivity index (χ2v) is 7.85. The van der Waals surface area contributed by atoms with Gasteiger partial charge in [-0.25, -0.2) is 5.43 Å². The molecule has 0 heterocycles. The first-order valence-corrected chi connectivity index (χ1v) is 11.2. The minimum Gasteiger partial charge on any atom is -0.490 e. The predicted molar refractivity (Wildman–Crippen MR) is 136 cm³/mol. The van der Waals surface area contributed by atoms with Crippen LogP contribution >= 0.6 is 11.6 Å². The van der Waals surface area contributed by atoms with Gasteiger partial charge < -0.3 is 14.8 Å². The zero-order valence-electron chi connectivity index (χ0n) is 19.5. The first-order valence-electron chi connectivity index (χ1n) is 10.8. The van der Waals surface area contributed by atoms with Crippen molar-refractivity contribution in [2.24, 2.45) is 5.10 Å². The molecule has 0 bridgehead atoms. The summed E-state index contributed by atoms with van der Waals surface area (Å²) in [6.45, 7) is 3.77. The Morgan fingerprint density at radius 1 is 1.08 bits per heavy atom. The Morgan fingerprint density at radius 3 is 2.61 bits per heavy atom. The van der Waals surface area contributed by atoms with Crippen molar-refractivity contribution in [3.63, 3.8) is 0 Å². The lowest BCUT2D eigenvalue weighted by Gasteiger charge is -2.13. The number of carbonyl (C=O) groups excluding carboxylic acids is 2. The average molecular weight is 511 g/mol. The van der Waals surface area contributed by atoms with E-state index < -0.39 is 10.8 Å². The lowest BCUT2D eigenvalue weighted by Crippen LogP contribution is -2.20. The summed E-state index contributed by atoms with van der Waals surface area (Å²) < 4.78 is 11.2. The number of nitrogens with one attached hydrogen (secondary N) is 2. The number of nitro benzene ring substituents is 1. The van der Waals surface area contributed by atoms with Gasteiger partial charge in [0.25, 0.3) is 17.5 Å². The van der Waals surface area contributed by atoms with Crippen LogP contribution in [0.1, 0.15) is 28.4 Å². The van der Waals surface area contributed by atoms with Gasteiger partial charge in [-0.2, -0.15) is 5.10 Å². The monoisotopic (exact) mass is 510 g/mol. The van der Waals surface area contributed by atoms with Crippen LogP contribution in [0.25, 0.3) is 0 Å². The number of halogens is 1. The molecule has 0 radical (unpaired) electrons. The Balaban J connectivity index is 1.61. The van der Waals surface area contributed by atoms with Crippen molar-refractivity contribution in [3.8, 4) is 11.5 Å². The smallest absolute Gasteiger partial charge is 0.271 e. The lowest BCUT2D eigenvalue weighted by atomic mass is 10.2. The number of nitrogens with zero attached hydrogens (tertiary/aromatic N) is 2. The summed E-state index contributed by atoms with van der Waals surface area (Å²) in [7, 11) is 0. The van der Waals surface area contributed by atoms with E-state index in [2.05, 4.69) is 15.8 Å². The highest BCUT2D eigenvalue weighted by atomic mass is 35.5. The largest absolute Gasteiger partial charge is 0.490 e. The van der Waals surface area contributed by atoms with E-state index in [1.54, 1.807) is 43.3 Å². The Kier molecular flexibility index (Phi) is 8.95. The number of amides is 2. The van der Waals surface area contributed by atoms with Gasteiger partial charge in [-0.05, 0) is 61.4 Å². The summed E-state index contributed by atoms with van der Waals surface area (Å²) in [5, 5.41) is 18.0. The Labute approximate surface area is 212 Å². The SMILES string of the molecule is CCOc1cc(/C=N/NC(=O)c2cccc([N+](=O)[O-])c2)ccc1OCC(=O)Nc1ccc(C)c(Cl)c1. The zero-order chi connectivity index (χ0) is 26.1. The van der Waals surface area contributed by atoms with Crippen molar-refractivity contribution in [2.45, 2.75) is 13.8 Å². The van der Waals surface area contributed by atoms with Crippen LogP contribution in [-0.2, 0) is 4.79 Å². The van der Waals surface area contributed by atoms with E-state index in [1.807, 2.05) is 6.92 Å². The number of non-ortho nitro benzene ring substituents is 1. The van der Waals surface area contributed by atoms with Crippen molar-refractivity contribution in [1.29, 1.82) is 0 Å². The second-order valence-electron chi connectivity index (χ2n) is 7.45. The number of hydrazone groups is 1. The van der Waals surface area contributed by atoms with E-state index in [9.17, 15) is 19.7 Å². The Morgan fingerprint density at radius 2 is 1.89 bits per heavy atom. The number of benzene rings is 3. The molecule has 10 nitrogen and oxygen atoms in total. The molecule has 0 aliphatic rings. The van der Waals surface area contributed by atoms with Crippen LogP contribution in [-0.4, -0.2) is 36.2 Å². The minimum absolute atomic E-state index is 0.103. The van der Waals surface area contributed by atoms with Crippen LogP contribution in [0.15, 0.2) is 65.8 Å². The molecule has 2 N–H and O–H groups in total. The highest BCUT2D eigenvalue weighted by Gasteiger charge is 2.12. The number of hydrogen-bond donors (Lipinski definition) is 2. The molecule has 0 aliphatic heterocycles. The van der Waals surface area contributed by atoms with Gasteiger partial charge in [0, 0.05) is 28.4 Å². The van der Waals surface area contributed by atoms with E-state index in [0.29, 0.717) is 34.4 Å². The molecule has 0 aromatic heterocycles. The van der Waals surface area contributed by atoms with Crippen LogP contribution in [0, 0.1) is 17.0 Å². The highest BCUT2D eigenvalue weighted by Crippen LogP contribution is 2.28. The van der Waals surface area contributed by atoms with Crippen LogP contribution in [0.4, 0.5) is 11.4 Å². The van der Waals surface area contributed by atoms with E-state index >= 15 is 0 Å². The van der Waals surface area contributed by atoms with E-state index in [-0.39, 0.29) is 23.8 Å². The second kappa shape index (κ2) is 12.3. The average Bonchev–Trinajstić information content (AvgIpc) is 2.86. The molecule has 0 saturated carbocycles. The molecule has 0 saturated heterocycles. The summed E-state index contributed by atoms with van der Waals surface area (Å²) in [5.74, 6) is -0.225. The molecule has 0 aliphatic carbocycles. The van der Waals surface area contributed by atoms with Crippen molar-refractivity contribution in [2.75, 3.05) is 18.5 Å². The van der Waals surface area contributed by atoms with Crippen LogP contribution in [0.2, 0.25) is 5.02 Å². The number of carbonyl (C=O) groups is 2. The molecular formula is C25H23ClN4O6. The van der Waals surface area contributed by atoms with Crippen molar-refractivity contribution in [3.05, 3.63) is 92.5 Å². The third-order valence-corrected chi connectivity index (χ3v) is 5.19. The standard InChI is InChI=1S/C25H23ClN4O6/c1-3-35-23-11-17(14-27-29-25(32)18-5-4-6-20(12-18)30(33)34)8-10-22(23)36-15-24(31)28-19-9-7-16(2)21(26)13-19/h4-14H,3,15H2,1-2H3,(H,28,31)(H,29,32)/b27-14+. The normalized spacial score (nSPS) is 10.6. The van der Waals surface area contributed by atoms with Gasteiger partial charge in [0.15, 0.2) is 18.1 Å². The van der Waals surface area contributed by atoms with Crippen molar-refractivity contribution < 1.29 is 24.0 Å². The summed E-state index contributed by atoms with van der Waals surface area (Å²) in [5.41, 5.74) is 4.28. The molecule has 11 heteroatoms. The fraction of sp³-hybridized carbons (Fsp3) is 0.160. The Hall–Kier alpha value is -4.44. The fourth-order valence-electron chi connectivity index (χ4n) is 2.99. The molecule has 36 heavy (non-hydrogen) atoms. The Bertz CT molecular complexity index is 1310. The molecule has 0 unspecified atom stereocenters. The maximum atomic E-state index is 12.3. The van der Waals surface area contributed by atoms with Gasteiger partial charge in [0.1, 0.15) is 0 Å². The fourth-order valence-corrected chi connectivity index (χ4v) is 3.17. The summed E-state index contributed by atoms with van der Waals surface area (Å²) in [6.07, 6.45) is 1.38. The maximum absolute atomic E-state index is 12.3. The van der Waals surface area contributed by atoms with Gasteiger partial charge in [-0.15, -0.1) is 0 Å². The third-order valence-electron chi connectivity index (χ3n) is 4.78. The van der Waals surface area contributed by atoms with E-state index in [0.717, 1.165) is 11.6 Å². The summed E-state index contributed by atoms with van der Waals surface area (Å²) in [6, 6.07) is 15.4. The minimum atomic E-state index is -0.596. The van der Waals surface area contributed by atoms with Crippen LogP contribution < -0.4 is 20.2 Å². The third kappa shape index (κ3) is 7.28. The van der Waals surface area contributed by atoms with Crippen LogP contribution in [0.5, 0.6) is 11.5 Å². The van der Waals surface area contributed by atoms with Crippen LogP contribution in [0.3, 0.4) is 0 Å². The lowest BCUT2D eigenvalue weighted by molar-refractivity contribution is -0.384. The zero-order valence-corrected chi connectivity index (χ0v) is 20.2. The van der Waals surface area contributed by atoms with E-state index in [1.165, 1.54) is 24.4 Å². The van der Waals surface area contributed by atoms with Gasteiger partial charge in [-0.1, -0.05) is 23.7 Å². The van der Waals surface area contributed by atoms with Gasteiger partial charge in [-0.3, -0.25) is 19.7 Å². The number of hydrogen-bond acceptors (Lipinski definition) is 7. The molecule has 0 atom stereocenters. The number of ether oxygens (including phenoxy) is 2. The van der Waals surface area contributed by atoms with Gasteiger partial charge in [0.05, 0.1) is 17.7 Å². The predicted octanol–water partition coefficient (Wildman–Crippen LogP) is 4.74. The number of rotatable bonds is 10. The summed E-state index contributed by atoms with van der Waals surface area (Å²) in [4.78, 5) is 34.8. The maximum Gasteiger partial charge on any atom is 0.271 e. The quantitative estimate of drug-likeness (QED) is 0.230. The molecule has 0 fully saturated rings. The molecule has 0 spiro atoms. The summed E-state index contributed by atoms with van der Waals surface area (Å²) >= 11 is 6.09. The molecule has 3 aromatic rings. The van der Waals surface area contributed by atoms with Gasteiger partial charge >= 0.3 is 0 Å². The van der Waals surface area contributed by atoms with Crippen molar-refractivity contribution >= 4 is 41.0 Å². The molecule has 2 amide bonds. The van der Waals surface area contributed by atoms with Crippen molar-refractivity contribution in [1.82, 2.24) is 5.43 Å². The number of anilines is 1. The highest BCUT2D eigenvalue weighted by molar-refractivity contribution is 6.31. The molecule has 186 valence electrons. The molecule has 3 aromatic carbocycles. The molecular weight excluding hydrogens is 488 g/mol. The molecule has 3 rings (SSSR count). The number of nitro groups is 1.